The first-order chi connectivity index (χ1) is 10.5. The largest absolute Gasteiger partial charge is 0.336 e. The van der Waals surface area contributed by atoms with E-state index < -0.39 is 6.03 Å². The van der Waals surface area contributed by atoms with Crippen molar-refractivity contribution >= 4 is 17.8 Å². The molecule has 4 amide bonds. The lowest BCUT2D eigenvalue weighted by Gasteiger charge is -2.30. The van der Waals surface area contributed by atoms with Crippen molar-refractivity contribution < 1.29 is 14.4 Å². The Hall–Kier alpha value is -2.37. The van der Waals surface area contributed by atoms with Crippen LogP contribution < -0.4 is 0 Å². The van der Waals surface area contributed by atoms with E-state index in [1.807, 2.05) is 12.1 Å². The van der Waals surface area contributed by atoms with Gasteiger partial charge in [0.05, 0.1) is 0 Å². The van der Waals surface area contributed by atoms with E-state index in [-0.39, 0.29) is 24.9 Å². The monoisotopic (exact) mass is 301 g/mol. The SMILES string of the molecule is Cc1ccc2c(c1)CCN(C(=O)CN1C(=O)CN(C)C1=O)C2. The molecule has 3 rings (SSSR count). The first kappa shape index (κ1) is 14.6. The average molecular weight is 301 g/mol. The highest BCUT2D eigenvalue weighted by atomic mass is 16.2. The topological polar surface area (TPSA) is 60.9 Å². The van der Waals surface area contributed by atoms with Crippen LogP contribution in [0.4, 0.5) is 4.79 Å². The van der Waals surface area contributed by atoms with Gasteiger partial charge in [-0.25, -0.2) is 4.79 Å². The van der Waals surface area contributed by atoms with Gasteiger partial charge in [-0.1, -0.05) is 23.8 Å². The minimum Gasteiger partial charge on any atom is -0.336 e. The highest BCUT2D eigenvalue weighted by Crippen LogP contribution is 2.20. The number of imide groups is 1. The second kappa shape index (κ2) is 5.44. The second-order valence-corrected chi connectivity index (χ2v) is 5.96. The van der Waals surface area contributed by atoms with Gasteiger partial charge in [-0.2, -0.15) is 0 Å². The van der Waals surface area contributed by atoms with Crippen LogP contribution in [0.5, 0.6) is 0 Å². The standard InChI is InChI=1S/C16H19N3O3/c1-11-3-4-13-8-18(6-5-12(13)7-11)14(20)10-19-15(21)9-17(2)16(19)22/h3-4,7H,5-6,8-10H2,1-2H3. The molecule has 6 nitrogen and oxygen atoms in total. The first-order valence-electron chi connectivity index (χ1n) is 7.37. The van der Waals surface area contributed by atoms with Crippen molar-refractivity contribution in [2.75, 3.05) is 26.7 Å². The number of benzene rings is 1. The zero-order chi connectivity index (χ0) is 15.9. The normalized spacial score (nSPS) is 18.0. The maximum absolute atomic E-state index is 12.4. The molecule has 0 N–H and O–H groups in total. The minimum atomic E-state index is -0.397. The lowest BCUT2D eigenvalue weighted by Crippen LogP contribution is -2.44. The number of likely N-dealkylation sites (N-methyl/N-ethyl adjacent to an activating group) is 1. The second-order valence-electron chi connectivity index (χ2n) is 5.96. The summed E-state index contributed by atoms with van der Waals surface area (Å²) in [6, 6.07) is 5.84. The molecule has 0 atom stereocenters. The number of nitrogens with zero attached hydrogens (tertiary/aromatic N) is 3. The summed E-state index contributed by atoms with van der Waals surface area (Å²) in [7, 11) is 1.56. The molecule has 0 unspecified atom stereocenters. The van der Waals surface area contributed by atoms with Gasteiger partial charge in [0.2, 0.25) is 5.91 Å². The fourth-order valence-corrected chi connectivity index (χ4v) is 2.95. The van der Waals surface area contributed by atoms with Crippen LogP contribution in [-0.4, -0.2) is 59.2 Å². The summed E-state index contributed by atoms with van der Waals surface area (Å²) in [5, 5.41) is 0. The number of rotatable bonds is 2. The molecule has 1 fully saturated rings. The quantitative estimate of drug-likeness (QED) is 0.758. The molecular weight excluding hydrogens is 282 g/mol. The zero-order valence-electron chi connectivity index (χ0n) is 12.8. The number of amides is 4. The van der Waals surface area contributed by atoms with Gasteiger partial charge in [0.25, 0.3) is 5.91 Å². The van der Waals surface area contributed by atoms with Crippen LogP contribution in [0.2, 0.25) is 0 Å². The molecule has 6 heteroatoms. The lowest BCUT2D eigenvalue weighted by atomic mass is 9.97. The number of carbonyl (C=O) groups excluding carboxylic acids is 3. The number of aryl methyl sites for hydroxylation is 1. The Balaban J connectivity index is 1.68. The summed E-state index contributed by atoms with van der Waals surface area (Å²) < 4.78 is 0. The summed E-state index contributed by atoms with van der Waals surface area (Å²) in [6.45, 7) is 3.11. The summed E-state index contributed by atoms with van der Waals surface area (Å²) in [4.78, 5) is 40.0. The van der Waals surface area contributed by atoms with Crippen LogP contribution >= 0.6 is 0 Å². The highest BCUT2D eigenvalue weighted by molar-refractivity contribution is 6.04. The number of urea groups is 1. The van der Waals surface area contributed by atoms with Crippen LogP contribution in [-0.2, 0) is 22.6 Å². The molecule has 116 valence electrons. The van der Waals surface area contributed by atoms with E-state index >= 15 is 0 Å². The molecule has 0 aromatic heterocycles. The van der Waals surface area contributed by atoms with Crippen LogP contribution in [0.15, 0.2) is 18.2 Å². The van der Waals surface area contributed by atoms with Gasteiger partial charge in [-0.05, 0) is 24.5 Å². The highest BCUT2D eigenvalue weighted by Gasteiger charge is 2.36. The molecule has 1 saturated heterocycles. The van der Waals surface area contributed by atoms with E-state index in [1.54, 1.807) is 11.9 Å². The fraction of sp³-hybridized carbons (Fsp3) is 0.438. The Morgan fingerprint density at radius 2 is 1.95 bits per heavy atom. The van der Waals surface area contributed by atoms with E-state index in [2.05, 4.69) is 13.0 Å². The van der Waals surface area contributed by atoms with Crippen molar-refractivity contribution in [1.82, 2.24) is 14.7 Å². The van der Waals surface area contributed by atoms with E-state index in [4.69, 9.17) is 0 Å². The van der Waals surface area contributed by atoms with Crippen molar-refractivity contribution in [1.29, 1.82) is 0 Å². The van der Waals surface area contributed by atoms with Gasteiger partial charge in [0.15, 0.2) is 0 Å². The molecule has 22 heavy (non-hydrogen) atoms. The third kappa shape index (κ3) is 2.56. The van der Waals surface area contributed by atoms with Gasteiger partial charge < -0.3 is 9.80 Å². The number of fused-ring (bicyclic) bond motifs is 1. The van der Waals surface area contributed by atoms with Crippen molar-refractivity contribution in [3.05, 3.63) is 34.9 Å². The van der Waals surface area contributed by atoms with Gasteiger partial charge in [-0.3, -0.25) is 14.5 Å². The van der Waals surface area contributed by atoms with E-state index in [0.29, 0.717) is 13.1 Å². The lowest BCUT2D eigenvalue weighted by molar-refractivity contribution is -0.137. The average Bonchev–Trinajstić information content (AvgIpc) is 2.73. The van der Waals surface area contributed by atoms with E-state index in [0.717, 1.165) is 16.9 Å². The van der Waals surface area contributed by atoms with Crippen LogP contribution in [0.25, 0.3) is 0 Å². The molecular formula is C16H19N3O3. The Kier molecular flexibility index (Phi) is 3.60. The molecule has 0 aliphatic carbocycles. The van der Waals surface area contributed by atoms with Crippen LogP contribution in [0.3, 0.4) is 0 Å². The van der Waals surface area contributed by atoms with Crippen molar-refractivity contribution in [2.45, 2.75) is 19.9 Å². The molecule has 0 saturated carbocycles. The summed E-state index contributed by atoms with van der Waals surface area (Å²) in [6.07, 6.45) is 0.810. The summed E-state index contributed by atoms with van der Waals surface area (Å²) >= 11 is 0. The van der Waals surface area contributed by atoms with Gasteiger partial charge in [-0.15, -0.1) is 0 Å². The molecule has 0 radical (unpaired) electrons. The number of carbonyl (C=O) groups is 3. The van der Waals surface area contributed by atoms with E-state index in [1.165, 1.54) is 16.0 Å². The molecule has 0 bridgehead atoms. The smallest absolute Gasteiger partial charge is 0.327 e. The number of hydrogen-bond donors (Lipinski definition) is 0. The maximum atomic E-state index is 12.4. The van der Waals surface area contributed by atoms with Gasteiger partial charge in [0.1, 0.15) is 13.1 Å². The predicted molar refractivity (Wildman–Crippen MR) is 80.0 cm³/mol. The predicted octanol–water partition coefficient (Wildman–Crippen LogP) is 0.774. The first-order valence-corrected chi connectivity index (χ1v) is 7.37. The summed E-state index contributed by atoms with van der Waals surface area (Å²) in [5.41, 5.74) is 3.63. The van der Waals surface area contributed by atoms with E-state index in [9.17, 15) is 14.4 Å². The molecule has 1 aromatic carbocycles. The molecule has 2 aliphatic heterocycles. The molecule has 0 spiro atoms. The maximum Gasteiger partial charge on any atom is 0.327 e. The van der Waals surface area contributed by atoms with Gasteiger partial charge in [0, 0.05) is 20.1 Å². The fourth-order valence-electron chi connectivity index (χ4n) is 2.95. The Bertz CT molecular complexity index is 656. The Morgan fingerprint density at radius 1 is 1.18 bits per heavy atom. The molecule has 1 aromatic rings. The number of hydrogen-bond acceptors (Lipinski definition) is 3. The van der Waals surface area contributed by atoms with Crippen molar-refractivity contribution in [2.24, 2.45) is 0 Å². The molecule has 2 heterocycles. The zero-order valence-corrected chi connectivity index (χ0v) is 12.8. The van der Waals surface area contributed by atoms with Crippen molar-refractivity contribution in [3.8, 4) is 0 Å². The minimum absolute atomic E-state index is 0.0498. The Morgan fingerprint density at radius 3 is 2.64 bits per heavy atom. The Labute approximate surface area is 129 Å². The molecule has 2 aliphatic rings. The third-order valence-corrected chi connectivity index (χ3v) is 4.25. The summed E-state index contributed by atoms with van der Waals surface area (Å²) in [5.74, 6) is -0.489. The third-order valence-electron chi connectivity index (χ3n) is 4.25. The van der Waals surface area contributed by atoms with Gasteiger partial charge >= 0.3 is 6.03 Å². The van der Waals surface area contributed by atoms with Crippen molar-refractivity contribution in [3.63, 3.8) is 0 Å². The van der Waals surface area contributed by atoms with Crippen LogP contribution in [0.1, 0.15) is 16.7 Å². The van der Waals surface area contributed by atoms with Crippen LogP contribution in [0, 0.1) is 6.92 Å².